The SMILES string of the molecule is CCC(C)(C)CC(=O)C(=O)C(C)(C)C. The average molecular weight is 198 g/mol. The van der Waals surface area contributed by atoms with Gasteiger partial charge in [0, 0.05) is 11.8 Å². The molecule has 0 saturated carbocycles. The maximum absolute atomic E-state index is 11.6. The summed E-state index contributed by atoms with van der Waals surface area (Å²) in [6, 6.07) is 0. The molecule has 0 bridgehead atoms. The summed E-state index contributed by atoms with van der Waals surface area (Å²) in [4.78, 5) is 23.2. The van der Waals surface area contributed by atoms with Gasteiger partial charge < -0.3 is 0 Å². The van der Waals surface area contributed by atoms with Crippen LogP contribution in [0.4, 0.5) is 0 Å². The second-order valence-electron chi connectivity index (χ2n) is 5.70. The molecule has 0 aliphatic carbocycles. The minimum atomic E-state index is -0.541. The zero-order valence-electron chi connectivity index (χ0n) is 10.2. The van der Waals surface area contributed by atoms with Crippen molar-refractivity contribution in [1.82, 2.24) is 0 Å². The van der Waals surface area contributed by atoms with E-state index in [1.807, 2.05) is 20.8 Å². The van der Waals surface area contributed by atoms with Crippen LogP contribution in [-0.4, -0.2) is 11.6 Å². The molecule has 0 aromatic heterocycles. The maximum atomic E-state index is 11.6. The molecule has 0 heterocycles. The summed E-state index contributed by atoms with van der Waals surface area (Å²) in [6.45, 7) is 11.4. The van der Waals surface area contributed by atoms with E-state index in [0.29, 0.717) is 6.42 Å². The molecule has 0 fully saturated rings. The Morgan fingerprint density at radius 2 is 1.43 bits per heavy atom. The number of hydrogen-bond donors (Lipinski definition) is 0. The Kier molecular flexibility index (Phi) is 4.04. The Bertz CT molecular complexity index is 231. The summed E-state index contributed by atoms with van der Waals surface area (Å²) < 4.78 is 0. The number of Topliss-reactive ketones (excluding diaryl/α,β-unsaturated/α-hetero) is 2. The van der Waals surface area contributed by atoms with Gasteiger partial charge in [0.25, 0.3) is 0 Å². The van der Waals surface area contributed by atoms with Gasteiger partial charge in [-0.3, -0.25) is 9.59 Å². The average Bonchev–Trinajstić information content (AvgIpc) is 2.00. The van der Waals surface area contributed by atoms with E-state index in [-0.39, 0.29) is 17.0 Å². The summed E-state index contributed by atoms with van der Waals surface area (Å²) in [5.74, 6) is -0.483. The van der Waals surface area contributed by atoms with Crippen LogP contribution >= 0.6 is 0 Å². The second kappa shape index (κ2) is 4.24. The smallest absolute Gasteiger partial charge is 0.203 e. The van der Waals surface area contributed by atoms with E-state index in [0.717, 1.165) is 6.42 Å². The van der Waals surface area contributed by atoms with Gasteiger partial charge in [0.1, 0.15) is 0 Å². The molecule has 0 atom stereocenters. The van der Waals surface area contributed by atoms with E-state index >= 15 is 0 Å². The van der Waals surface area contributed by atoms with Crippen LogP contribution < -0.4 is 0 Å². The Hall–Kier alpha value is -0.660. The molecule has 82 valence electrons. The molecule has 0 aromatic carbocycles. The molecule has 0 N–H and O–H groups in total. The molecule has 14 heavy (non-hydrogen) atoms. The van der Waals surface area contributed by atoms with E-state index in [1.165, 1.54) is 0 Å². The van der Waals surface area contributed by atoms with Gasteiger partial charge in [-0.15, -0.1) is 0 Å². The fourth-order valence-corrected chi connectivity index (χ4v) is 1.06. The van der Waals surface area contributed by atoms with Crippen LogP contribution in [0.15, 0.2) is 0 Å². The molecule has 2 heteroatoms. The van der Waals surface area contributed by atoms with Gasteiger partial charge in [-0.25, -0.2) is 0 Å². The van der Waals surface area contributed by atoms with Gasteiger partial charge in [-0.05, 0) is 5.41 Å². The van der Waals surface area contributed by atoms with Gasteiger partial charge in [-0.2, -0.15) is 0 Å². The Labute approximate surface area is 87.1 Å². The van der Waals surface area contributed by atoms with Crippen LogP contribution in [0.5, 0.6) is 0 Å². The molecule has 0 amide bonds. The number of hydrogen-bond acceptors (Lipinski definition) is 2. The monoisotopic (exact) mass is 198 g/mol. The minimum absolute atomic E-state index is 0.0575. The van der Waals surface area contributed by atoms with Crippen molar-refractivity contribution in [1.29, 1.82) is 0 Å². The van der Waals surface area contributed by atoms with Crippen molar-refractivity contribution in [2.75, 3.05) is 0 Å². The van der Waals surface area contributed by atoms with E-state index in [4.69, 9.17) is 0 Å². The lowest BCUT2D eigenvalue weighted by Crippen LogP contribution is -2.31. The third-order valence-corrected chi connectivity index (χ3v) is 2.53. The Balaban J connectivity index is 4.45. The maximum Gasteiger partial charge on any atom is 0.203 e. The van der Waals surface area contributed by atoms with Gasteiger partial charge in [0.15, 0.2) is 5.78 Å². The van der Waals surface area contributed by atoms with Crippen LogP contribution in [0.25, 0.3) is 0 Å². The van der Waals surface area contributed by atoms with E-state index < -0.39 is 5.41 Å². The summed E-state index contributed by atoms with van der Waals surface area (Å²) >= 11 is 0. The lowest BCUT2D eigenvalue weighted by molar-refractivity contribution is -0.142. The topological polar surface area (TPSA) is 34.1 Å². The largest absolute Gasteiger partial charge is 0.291 e. The summed E-state index contributed by atoms with van der Waals surface area (Å²) in [5.41, 5.74) is -0.598. The highest BCUT2D eigenvalue weighted by molar-refractivity contribution is 6.39. The molecule has 0 aliphatic heterocycles. The number of carbonyl (C=O) groups is 2. The summed E-state index contributed by atoms with van der Waals surface area (Å²) in [6.07, 6.45) is 1.27. The third kappa shape index (κ3) is 4.03. The number of ketones is 2. The first-order valence-electron chi connectivity index (χ1n) is 5.18. The van der Waals surface area contributed by atoms with Crippen LogP contribution in [0.1, 0.15) is 54.4 Å². The number of carbonyl (C=O) groups excluding carboxylic acids is 2. The Morgan fingerprint density at radius 3 is 1.71 bits per heavy atom. The highest BCUT2D eigenvalue weighted by atomic mass is 16.2. The molecule has 2 nitrogen and oxygen atoms in total. The van der Waals surface area contributed by atoms with Gasteiger partial charge in [0.05, 0.1) is 0 Å². The lowest BCUT2D eigenvalue weighted by Gasteiger charge is -2.23. The summed E-state index contributed by atoms with van der Waals surface area (Å²) in [5, 5.41) is 0. The van der Waals surface area contributed by atoms with E-state index in [2.05, 4.69) is 0 Å². The van der Waals surface area contributed by atoms with E-state index in [1.54, 1.807) is 20.8 Å². The molecule has 0 unspecified atom stereocenters. The van der Waals surface area contributed by atoms with Gasteiger partial charge >= 0.3 is 0 Å². The molecule has 0 aromatic rings. The first-order valence-corrected chi connectivity index (χ1v) is 5.18. The van der Waals surface area contributed by atoms with Crippen molar-refractivity contribution < 1.29 is 9.59 Å². The molecule has 0 saturated heterocycles. The second-order valence-corrected chi connectivity index (χ2v) is 5.70. The van der Waals surface area contributed by atoms with Crippen LogP contribution in [0.2, 0.25) is 0 Å². The van der Waals surface area contributed by atoms with Crippen molar-refractivity contribution >= 4 is 11.6 Å². The third-order valence-electron chi connectivity index (χ3n) is 2.53. The van der Waals surface area contributed by atoms with Crippen LogP contribution in [0, 0.1) is 10.8 Å². The number of rotatable bonds is 4. The van der Waals surface area contributed by atoms with E-state index in [9.17, 15) is 9.59 Å². The van der Waals surface area contributed by atoms with Gasteiger partial charge in [0.2, 0.25) is 5.78 Å². The quantitative estimate of drug-likeness (QED) is 0.651. The fourth-order valence-electron chi connectivity index (χ4n) is 1.06. The normalized spacial score (nSPS) is 12.7. The van der Waals surface area contributed by atoms with Crippen LogP contribution in [0.3, 0.4) is 0 Å². The Morgan fingerprint density at radius 1 is 1.00 bits per heavy atom. The standard InChI is InChI=1S/C12H22O2/c1-7-12(5,6)8-9(13)10(14)11(2,3)4/h7-8H2,1-6H3. The molecule has 0 aliphatic rings. The van der Waals surface area contributed by atoms with Crippen molar-refractivity contribution in [3.63, 3.8) is 0 Å². The highest BCUT2D eigenvalue weighted by Gasteiger charge is 2.31. The first kappa shape index (κ1) is 13.3. The van der Waals surface area contributed by atoms with Crippen molar-refractivity contribution in [2.24, 2.45) is 10.8 Å². The van der Waals surface area contributed by atoms with Crippen molar-refractivity contribution in [2.45, 2.75) is 54.4 Å². The molecule has 0 spiro atoms. The lowest BCUT2D eigenvalue weighted by atomic mass is 9.79. The predicted octanol–water partition coefficient (Wildman–Crippen LogP) is 3.00. The van der Waals surface area contributed by atoms with Crippen molar-refractivity contribution in [3.8, 4) is 0 Å². The highest BCUT2D eigenvalue weighted by Crippen LogP contribution is 2.27. The molecule has 0 rings (SSSR count). The van der Waals surface area contributed by atoms with Gasteiger partial charge in [-0.1, -0.05) is 48.0 Å². The molecular formula is C12H22O2. The predicted molar refractivity (Wildman–Crippen MR) is 58.2 cm³/mol. The van der Waals surface area contributed by atoms with Crippen LogP contribution in [-0.2, 0) is 9.59 Å². The zero-order chi connectivity index (χ0) is 11.6. The molecular weight excluding hydrogens is 176 g/mol. The molecule has 0 radical (unpaired) electrons. The van der Waals surface area contributed by atoms with Crippen molar-refractivity contribution in [3.05, 3.63) is 0 Å². The zero-order valence-corrected chi connectivity index (χ0v) is 10.2. The fraction of sp³-hybridized carbons (Fsp3) is 0.833. The summed E-state index contributed by atoms with van der Waals surface area (Å²) in [7, 11) is 0. The minimum Gasteiger partial charge on any atom is -0.291 e. The first-order chi connectivity index (χ1) is 6.10.